The summed E-state index contributed by atoms with van der Waals surface area (Å²) in [5.41, 5.74) is 1.13. The van der Waals surface area contributed by atoms with E-state index in [-0.39, 0.29) is 31.4 Å². The normalized spacial score (nSPS) is 20.6. The van der Waals surface area contributed by atoms with Gasteiger partial charge in [0.05, 0.1) is 6.54 Å². The molecule has 0 unspecified atom stereocenters. The number of piperidine rings is 1. The number of rotatable bonds is 4. The maximum Gasteiger partial charge on any atom is 0.255 e. The summed E-state index contributed by atoms with van der Waals surface area (Å²) in [6.45, 7) is 0.137. The van der Waals surface area contributed by atoms with Crippen molar-refractivity contribution in [3.05, 3.63) is 29.3 Å². The van der Waals surface area contributed by atoms with E-state index in [0.29, 0.717) is 29.6 Å². The molecule has 2 aliphatic rings. The first-order valence-corrected chi connectivity index (χ1v) is 6.95. The van der Waals surface area contributed by atoms with Gasteiger partial charge in [-0.15, -0.1) is 0 Å². The monoisotopic (exact) mass is 302 g/mol. The van der Waals surface area contributed by atoms with E-state index in [1.807, 2.05) is 0 Å². The van der Waals surface area contributed by atoms with Crippen molar-refractivity contribution in [1.82, 2.24) is 10.2 Å². The molecule has 2 heterocycles. The van der Waals surface area contributed by atoms with Gasteiger partial charge in [0.25, 0.3) is 5.91 Å². The van der Waals surface area contributed by atoms with E-state index in [2.05, 4.69) is 5.32 Å². The Kier molecular flexibility index (Phi) is 3.62. The van der Waals surface area contributed by atoms with Crippen molar-refractivity contribution in [1.29, 1.82) is 0 Å². The molecule has 1 N–H and O–H groups in total. The summed E-state index contributed by atoms with van der Waals surface area (Å²) in [7, 11) is 0. The van der Waals surface area contributed by atoms with Gasteiger partial charge in [-0.05, 0) is 18.6 Å². The minimum atomic E-state index is -0.656. The van der Waals surface area contributed by atoms with E-state index in [1.165, 1.54) is 4.90 Å². The van der Waals surface area contributed by atoms with E-state index in [1.54, 1.807) is 18.2 Å². The molecule has 2 aliphatic heterocycles. The van der Waals surface area contributed by atoms with Crippen molar-refractivity contribution >= 4 is 24.0 Å². The van der Waals surface area contributed by atoms with Gasteiger partial charge in [0.15, 0.2) is 6.29 Å². The van der Waals surface area contributed by atoms with Crippen LogP contribution in [0.4, 0.5) is 0 Å². The highest BCUT2D eigenvalue weighted by Crippen LogP contribution is 2.33. The fourth-order valence-corrected chi connectivity index (χ4v) is 2.82. The average Bonchev–Trinajstić information content (AvgIpc) is 2.83. The van der Waals surface area contributed by atoms with Crippen molar-refractivity contribution in [2.45, 2.75) is 25.4 Å². The second kappa shape index (κ2) is 5.59. The highest BCUT2D eigenvalue weighted by atomic mass is 16.5. The van der Waals surface area contributed by atoms with Gasteiger partial charge < -0.3 is 9.64 Å². The van der Waals surface area contributed by atoms with E-state index in [0.717, 1.165) is 0 Å². The van der Waals surface area contributed by atoms with Crippen molar-refractivity contribution < 1.29 is 23.9 Å². The molecular weight excluding hydrogens is 288 g/mol. The molecule has 114 valence electrons. The maximum absolute atomic E-state index is 12.5. The van der Waals surface area contributed by atoms with E-state index in [4.69, 9.17) is 4.74 Å². The summed E-state index contributed by atoms with van der Waals surface area (Å²) in [6.07, 6.45) is 1.16. The second-order valence-electron chi connectivity index (χ2n) is 5.16. The molecule has 0 bridgehead atoms. The molecule has 1 aromatic carbocycles. The van der Waals surface area contributed by atoms with Crippen LogP contribution in [0.3, 0.4) is 0 Å². The lowest BCUT2D eigenvalue weighted by Crippen LogP contribution is -2.52. The van der Waals surface area contributed by atoms with Crippen molar-refractivity contribution in [3.63, 3.8) is 0 Å². The first kappa shape index (κ1) is 14.2. The van der Waals surface area contributed by atoms with Crippen LogP contribution in [0, 0.1) is 0 Å². The zero-order valence-corrected chi connectivity index (χ0v) is 11.7. The van der Waals surface area contributed by atoms with Crippen molar-refractivity contribution in [3.8, 4) is 5.75 Å². The third-order valence-corrected chi connectivity index (χ3v) is 3.85. The van der Waals surface area contributed by atoms with Crippen LogP contribution in [0.15, 0.2) is 18.2 Å². The summed E-state index contributed by atoms with van der Waals surface area (Å²) < 4.78 is 5.32. The molecule has 7 nitrogen and oxygen atoms in total. The Morgan fingerprint density at radius 1 is 1.32 bits per heavy atom. The maximum atomic E-state index is 12.5. The lowest BCUT2D eigenvalue weighted by Gasteiger charge is -2.29. The number of fused-ring (bicyclic) bond motifs is 1. The lowest BCUT2D eigenvalue weighted by atomic mass is 10.0. The number of benzene rings is 1. The highest BCUT2D eigenvalue weighted by molar-refractivity contribution is 6.05. The minimum absolute atomic E-state index is 0.0942. The number of hydrogen-bond donors (Lipinski definition) is 1. The third-order valence-electron chi connectivity index (χ3n) is 3.85. The molecule has 1 saturated heterocycles. The van der Waals surface area contributed by atoms with Gasteiger partial charge in [0.1, 0.15) is 18.4 Å². The molecule has 0 spiro atoms. The van der Waals surface area contributed by atoms with Gasteiger partial charge in [-0.25, -0.2) is 0 Å². The zero-order chi connectivity index (χ0) is 15.7. The van der Waals surface area contributed by atoms with Gasteiger partial charge in [0, 0.05) is 17.5 Å². The minimum Gasteiger partial charge on any atom is -0.486 e. The molecule has 1 atom stereocenters. The summed E-state index contributed by atoms with van der Waals surface area (Å²) >= 11 is 0. The van der Waals surface area contributed by atoms with Crippen LogP contribution in [0.2, 0.25) is 0 Å². The molecular formula is C15H14N2O5. The fraction of sp³-hybridized carbons (Fsp3) is 0.333. The van der Waals surface area contributed by atoms with Gasteiger partial charge in [-0.1, -0.05) is 6.07 Å². The Morgan fingerprint density at radius 3 is 2.86 bits per heavy atom. The number of nitrogens with one attached hydrogen (secondary N) is 1. The molecule has 22 heavy (non-hydrogen) atoms. The summed E-state index contributed by atoms with van der Waals surface area (Å²) in [4.78, 5) is 47.5. The third kappa shape index (κ3) is 2.34. The predicted molar refractivity (Wildman–Crippen MR) is 74.0 cm³/mol. The van der Waals surface area contributed by atoms with Crippen LogP contribution in [0.1, 0.15) is 28.8 Å². The quantitative estimate of drug-likeness (QED) is 0.625. The molecule has 3 amide bonds. The number of aldehydes is 1. The average molecular weight is 302 g/mol. The van der Waals surface area contributed by atoms with Crippen LogP contribution < -0.4 is 10.1 Å². The molecule has 1 fully saturated rings. The number of ether oxygens (including phenoxy) is 1. The van der Waals surface area contributed by atoms with Crippen molar-refractivity contribution in [2.75, 3.05) is 6.61 Å². The SMILES string of the molecule is O=CCOc1cccc2c1CN([C@H]1CCC(=O)NC1=O)C2=O. The molecule has 0 aromatic heterocycles. The molecule has 7 heteroatoms. The zero-order valence-electron chi connectivity index (χ0n) is 11.7. The highest BCUT2D eigenvalue weighted by Gasteiger charge is 2.40. The van der Waals surface area contributed by atoms with Gasteiger partial charge in [0.2, 0.25) is 11.8 Å². The van der Waals surface area contributed by atoms with Crippen LogP contribution in [-0.4, -0.2) is 41.6 Å². The molecule has 1 aromatic rings. The Bertz CT molecular complexity index is 670. The number of nitrogens with zero attached hydrogens (tertiary/aromatic N) is 1. The van der Waals surface area contributed by atoms with Crippen molar-refractivity contribution in [2.24, 2.45) is 0 Å². The van der Waals surface area contributed by atoms with E-state index < -0.39 is 11.9 Å². The number of carbonyl (C=O) groups is 4. The van der Waals surface area contributed by atoms with E-state index in [9.17, 15) is 19.2 Å². The first-order chi connectivity index (χ1) is 10.6. The summed E-state index contributed by atoms with van der Waals surface area (Å²) in [5.74, 6) is -0.568. The Balaban J connectivity index is 1.86. The Labute approximate surface area is 126 Å². The number of amides is 3. The van der Waals surface area contributed by atoms with Crippen LogP contribution in [0.25, 0.3) is 0 Å². The number of carbonyl (C=O) groups excluding carboxylic acids is 4. The predicted octanol–water partition coefficient (Wildman–Crippen LogP) is 0.0253. The van der Waals surface area contributed by atoms with Gasteiger partial charge in [-0.2, -0.15) is 0 Å². The number of hydrogen-bond acceptors (Lipinski definition) is 5. The van der Waals surface area contributed by atoms with Gasteiger partial charge >= 0.3 is 0 Å². The Hall–Kier alpha value is -2.70. The van der Waals surface area contributed by atoms with E-state index >= 15 is 0 Å². The lowest BCUT2D eigenvalue weighted by molar-refractivity contribution is -0.136. The van der Waals surface area contributed by atoms with Gasteiger partial charge in [-0.3, -0.25) is 24.5 Å². The largest absolute Gasteiger partial charge is 0.486 e. The summed E-state index contributed by atoms with van der Waals surface area (Å²) in [5, 5.41) is 2.25. The molecule has 3 rings (SSSR count). The second-order valence-corrected chi connectivity index (χ2v) is 5.16. The Morgan fingerprint density at radius 2 is 2.14 bits per heavy atom. The molecule has 0 radical (unpaired) electrons. The van der Waals surface area contributed by atoms with Crippen LogP contribution in [-0.2, 0) is 20.9 Å². The smallest absolute Gasteiger partial charge is 0.255 e. The van der Waals surface area contributed by atoms with Crippen LogP contribution in [0.5, 0.6) is 5.75 Å². The molecule has 0 saturated carbocycles. The summed E-state index contributed by atoms with van der Waals surface area (Å²) in [6, 6.07) is 4.36. The topological polar surface area (TPSA) is 92.8 Å². The number of imide groups is 1. The van der Waals surface area contributed by atoms with Crippen LogP contribution >= 0.6 is 0 Å². The standard InChI is InChI=1S/C15H14N2O5/c18-6-7-22-12-3-1-2-9-10(12)8-17(15(9)21)11-4-5-13(19)16-14(11)20/h1-3,6,11H,4-5,7-8H2,(H,16,19,20)/t11-/m0/s1. The fourth-order valence-electron chi connectivity index (χ4n) is 2.82. The first-order valence-electron chi connectivity index (χ1n) is 6.95. The molecule has 0 aliphatic carbocycles.